The van der Waals surface area contributed by atoms with E-state index in [-0.39, 0.29) is 25.4 Å². The third-order valence-corrected chi connectivity index (χ3v) is 4.33. The van der Waals surface area contributed by atoms with Gasteiger partial charge in [0.05, 0.1) is 26.2 Å². The van der Waals surface area contributed by atoms with Crippen LogP contribution >= 0.6 is 15.9 Å². The zero-order valence-electron chi connectivity index (χ0n) is 17.0. The number of ether oxygens (including phenoxy) is 4. The average Bonchev–Trinajstić information content (AvgIpc) is 2.67. The van der Waals surface area contributed by atoms with Gasteiger partial charge in [-0.1, -0.05) is 15.9 Å². The van der Waals surface area contributed by atoms with Gasteiger partial charge in [0.1, 0.15) is 0 Å². The molecule has 0 atom stereocenters. The molecule has 9 heteroatoms. The molecule has 0 heterocycles. The van der Waals surface area contributed by atoms with Gasteiger partial charge in [-0.05, 0) is 44.9 Å². The number of halogens is 1. The molecule has 0 aromatic heterocycles. The molecule has 8 nitrogen and oxygen atoms in total. The Morgan fingerprint density at radius 3 is 2.21 bits per heavy atom. The SMILES string of the molecule is CCOC(=O)CCCNC(=O)COC(=O)Cc1cc(OCC)c(OCC)cc1Br. The first-order chi connectivity index (χ1) is 13.9. The van der Waals surface area contributed by atoms with Crippen LogP contribution < -0.4 is 14.8 Å². The number of esters is 2. The van der Waals surface area contributed by atoms with Gasteiger partial charge >= 0.3 is 11.9 Å². The maximum absolute atomic E-state index is 12.1. The van der Waals surface area contributed by atoms with E-state index in [1.807, 2.05) is 13.8 Å². The molecule has 0 aliphatic carbocycles. The van der Waals surface area contributed by atoms with Gasteiger partial charge in [-0.25, -0.2) is 0 Å². The molecule has 1 amide bonds. The Balaban J connectivity index is 2.46. The van der Waals surface area contributed by atoms with Crippen LogP contribution in [0.3, 0.4) is 0 Å². The Hall–Kier alpha value is -2.29. The Morgan fingerprint density at radius 2 is 1.59 bits per heavy atom. The molecule has 162 valence electrons. The van der Waals surface area contributed by atoms with E-state index in [2.05, 4.69) is 21.2 Å². The molecule has 1 rings (SSSR count). The maximum atomic E-state index is 12.1. The Bertz CT molecular complexity index is 694. The lowest BCUT2D eigenvalue weighted by Gasteiger charge is -2.14. The second-order valence-electron chi connectivity index (χ2n) is 5.85. The smallest absolute Gasteiger partial charge is 0.310 e. The summed E-state index contributed by atoms with van der Waals surface area (Å²) >= 11 is 3.42. The molecule has 29 heavy (non-hydrogen) atoms. The highest BCUT2D eigenvalue weighted by molar-refractivity contribution is 9.10. The van der Waals surface area contributed by atoms with Crippen LogP contribution in [-0.2, 0) is 30.3 Å². The molecule has 1 aromatic rings. The van der Waals surface area contributed by atoms with Crippen molar-refractivity contribution in [3.05, 3.63) is 22.2 Å². The molecule has 0 radical (unpaired) electrons. The molecule has 0 saturated carbocycles. The van der Waals surface area contributed by atoms with Crippen molar-refractivity contribution in [2.24, 2.45) is 0 Å². The van der Waals surface area contributed by atoms with Crippen LogP contribution in [0.2, 0.25) is 0 Å². The molecule has 1 N–H and O–H groups in total. The fourth-order valence-electron chi connectivity index (χ4n) is 2.35. The minimum atomic E-state index is -0.543. The monoisotopic (exact) mass is 473 g/mol. The van der Waals surface area contributed by atoms with Gasteiger partial charge in [0.25, 0.3) is 5.91 Å². The Morgan fingerprint density at radius 1 is 0.931 bits per heavy atom. The van der Waals surface area contributed by atoms with Crippen molar-refractivity contribution in [1.82, 2.24) is 5.32 Å². The van der Waals surface area contributed by atoms with Crippen molar-refractivity contribution in [1.29, 1.82) is 0 Å². The number of carbonyl (C=O) groups is 3. The van der Waals surface area contributed by atoms with Crippen molar-refractivity contribution in [3.8, 4) is 11.5 Å². The van der Waals surface area contributed by atoms with E-state index in [0.29, 0.717) is 54.3 Å². The quantitative estimate of drug-likeness (QED) is 0.347. The summed E-state index contributed by atoms with van der Waals surface area (Å²) in [5.41, 5.74) is 0.664. The molecule has 0 aliphatic rings. The summed E-state index contributed by atoms with van der Waals surface area (Å²) in [4.78, 5) is 35.0. The number of hydrogen-bond acceptors (Lipinski definition) is 7. The summed E-state index contributed by atoms with van der Waals surface area (Å²) in [7, 11) is 0. The minimum Gasteiger partial charge on any atom is -0.490 e. The highest BCUT2D eigenvalue weighted by Gasteiger charge is 2.15. The summed E-state index contributed by atoms with van der Waals surface area (Å²) in [6, 6.07) is 3.46. The van der Waals surface area contributed by atoms with Crippen LogP contribution in [0.5, 0.6) is 11.5 Å². The second-order valence-corrected chi connectivity index (χ2v) is 6.71. The van der Waals surface area contributed by atoms with Crippen molar-refractivity contribution in [2.45, 2.75) is 40.0 Å². The van der Waals surface area contributed by atoms with Crippen molar-refractivity contribution in [3.63, 3.8) is 0 Å². The number of amides is 1. The van der Waals surface area contributed by atoms with Crippen LogP contribution in [0.1, 0.15) is 39.2 Å². The molecule has 0 spiro atoms. The second kappa shape index (κ2) is 13.8. The van der Waals surface area contributed by atoms with Crippen molar-refractivity contribution < 1.29 is 33.3 Å². The summed E-state index contributed by atoms with van der Waals surface area (Å²) < 4.78 is 21.6. The topological polar surface area (TPSA) is 100 Å². The van der Waals surface area contributed by atoms with Gasteiger partial charge in [0.15, 0.2) is 18.1 Å². The van der Waals surface area contributed by atoms with Gasteiger partial charge in [0, 0.05) is 17.4 Å². The Labute approximate surface area is 179 Å². The van der Waals surface area contributed by atoms with Crippen LogP contribution in [0.25, 0.3) is 0 Å². The lowest BCUT2D eigenvalue weighted by Crippen LogP contribution is -2.30. The maximum Gasteiger partial charge on any atom is 0.310 e. The fraction of sp³-hybridized carbons (Fsp3) is 0.550. The highest BCUT2D eigenvalue weighted by atomic mass is 79.9. The number of benzene rings is 1. The molecule has 0 bridgehead atoms. The molecular weight excluding hydrogens is 446 g/mol. The zero-order valence-corrected chi connectivity index (χ0v) is 18.6. The number of hydrogen-bond donors (Lipinski definition) is 1. The van der Waals surface area contributed by atoms with Gasteiger partial charge in [0.2, 0.25) is 0 Å². The largest absolute Gasteiger partial charge is 0.490 e. The van der Waals surface area contributed by atoms with Crippen LogP contribution in [0, 0.1) is 0 Å². The van der Waals surface area contributed by atoms with Crippen LogP contribution in [-0.4, -0.2) is 50.8 Å². The van der Waals surface area contributed by atoms with Crippen LogP contribution in [0.4, 0.5) is 0 Å². The average molecular weight is 474 g/mol. The molecule has 1 aromatic carbocycles. The van der Waals surface area contributed by atoms with E-state index < -0.39 is 11.9 Å². The number of rotatable bonds is 13. The normalized spacial score (nSPS) is 10.2. The molecule has 0 aliphatic heterocycles. The van der Waals surface area contributed by atoms with E-state index in [9.17, 15) is 14.4 Å². The zero-order chi connectivity index (χ0) is 21.6. The summed E-state index contributed by atoms with van der Waals surface area (Å²) in [6.45, 7) is 6.66. The standard InChI is InChI=1S/C20H28BrNO7/c1-4-26-16-10-14(15(21)12-17(16)27-5-2)11-20(25)29-13-18(23)22-9-7-8-19(24)28-6-3/h10,12H,4-9,11,13H2,1-3H3,(H,22,23). The first-order valence-electron chi connectivity index (χ1n) is 9.57. The third-order valence-electron chi connectivity index (χ3n) is 3.60. The summed E-state index contributed by atoms with van der Waals surface area (Å²) in [6.07, 6.45) is 0.656. The van der Waals surface area contributed by atoms with E-state index in [0.717, 1.165) is 0 Å². The van der Waals surface area contributed by atoms with E-state index in [4.69, 9.17) is 18.9 Å². The first kappa shape index (κ1) is 24.7. The van der Waals surface area contributed by atoms with Crippen LogP contribution in [0.15, 0.2) is 16.6 Å². The summed E-state index contributed by atoms with van der Waals surface area (Å²) in [5.74, 6) is -0.150. The predicted molar refractivity (Wildman–Crippen MR) is 110 cm³/mol. The van der Waals surface area contributed by atoms with Gasteiger partial charge in [-0.2, -0.15) is 0 Å². The molecular formula is C20H28BrNO7. The lowest BCUT2D eigenvalue weighted by molar-refractivity contribution is -0.147. The first-order valence-corrected chi connectivity index (χ1v) is 10.4. The van der Waals surface area contributed by atoms with E-state index in [1.54, 1.807) is 19.1 Å². The Kier molecular flexibility index (Phi) is 11.8. The van der Waals surface area contributed by atoms with Gasteiger partial charge in [-0.3, -0.25) is 14.4 Å². The van der Waals surface area contributed by atoms with Crippen molar-refractivity contribution in [2.75, 3.05) is 33.0 Å². The van der Waals surface area contributed by atoms with Gasteiger partial charge < -0.3 is 24.3 Å². The number of carbonyl (C=O) groups excluding carboxylic acids is 3. The predicted octanol–water partition coefficient (Wildman–Crippen LogP) is 2.79. The molecule has 0 unspecified atom stereocenters. The highest BCUT2D eigenvalue weighted by Crippen LogP contribution is 2.34. The molecule has 0 saturated heterocycles. The lowest BCUT2D eigenvalue weighted by atomic mass is 10.1. The number of nitrogens with one attached hydrogen (secondary N) is 1. The van der Waals surface area contributed by atoms with E-state index >= 15 is 0 Å². The van der Waals surface area contributed by atoms with E-state index in [1.165, 1.54) is 0 Å². The van der Waals surface area contributed by atoms with Gasteiger partial charge in [-0.15, -0.1) is 0 Å². The molecule has 0 fully saturated rings. The summed E-state index contributed by atoms with van der Waals surface area (Å²) in [5, 5.41) is 2.59. The van der Waals surface area contributed by atoms with Crippen molar-refractivity contribution >= 4 is 33.8 Å². The fourth-order valence-corrected chi connectivity index (χ4v) is 2.81. The third kappa shape index (κ3) is 9.65. The minimum absolute atomic E-state index is 0.0246.